The molecule has 0 saturated carbocycles. The lowest BCUT2D eigenvalue weighted by Crippen LogP contribution is -2.38. The molecule has 1 aromatic heterocycles. The summed E-state index contributed by atoms with van der Waals surface area (Å²) in [4.78, 5) is 24.0. The highest BCUT2D eigenvalue weighted by Gasteiger charge is 2.35. The van der Waals surface area contributed by atoms with Gasteiger partial charge in [0.2, 0.25) is 11.8 Å². The summed E-state index contributed by atoms with van der Waals surface area (Å²) in [6.07, 6.45) is 2.56. The van der Waals surface area contributed by atoms with Crippen LogP contribution in [0.5, 0.6) is 0 Å². The molecular weight excluding hydrogens is 222 g/mol. The van der Waals surface area contributed by atoms with Crippen LogP contribution < -0.4 is 5.32 Å². The zero-order chi connectivity index (χ0) is 12.4. The molecule has 0 aliphatic carbocycles. The zero-order valence-electron chi connectivity index (χ0n) is 9.88. The third kappa shape index (κ3) is 2.33. The summed E-state index contributed by atoms with van der Waals surface area (Å²) in [6, 6.07) is -0.388. The minimum atomic E-state index is -0.388. The van der Waals surface area contributed by atoms with Gasteiger partial charge in [-0.05, 0) is 0 Å². The van der Waals surface area contributed by atoms with Crippen molar-refractivity contribution in [1.29, 1.82) is 0 Å². The molecular formula is C10H15N5O2. The number of carbonyl (C=O) groups is 2. The molecule has 1 aliphatic rings. The number of carbonyl (C=O) groups excluding carboxylic acids is 2. The zero-order valence-corrected chi connectivity index (χ0v) is 9.88. The number of hydrogen-bond acceptors (Lipinski definition) is 5. The summed E-state index contributed by atoms with van der Waals surface area (Å²) in [5.74, 6) is 0.557. The average Bonchev–Trinajstić information content (AvgIpc) is 2.80. The molecule has 0 aromatic carbocycles. The van der Waals surface area contributed by atoms with E-state index in [2.05, 4.69) is 15.5 Å². The number of hydrogen-bond donors (Lipinski definition) is 1. The van der Waals surface area contributed by atoms with Crippen LogP contribution in [-0.4, -0.2) is 51.1 Å². The first-order valence-corrected chi connectivity index (χ1v) is 5.46. The molecule has 2 heterocycles. The van der Waals surface area contributed by atoms with Crippen molar-refractivity contribution < 1.29 is 9.59 Å². The molecule has 92 valence electrons. The Morgan fingerprint density at radius 3 is 2.76 bits per heavy atom. The van der Waals surface area contributed by atoms with E-state index in [9.17, 15) is 9.59 Å². The Labute approximate surface area is 98.8 Å². The molecule has 1 aliphatic heterocycles. The van der Waals surface area contributed by atoms with E-state index in [-0.39, 0.29) is 24.3 Å². The van der Waals surface area contributed by atoms with Gasteiger partial charge in [-0.3, -0.25) is 14.5 Å². The van der Waals surface area contributed by atoms with Crippen LogP contribution in [0.25, 0.3) is 0 Å². The van der Waals surface area contributed by atoms with Crippen molar-refractivity contribution in [2.24, 2.45) is 7.05 Å². The van der Waals surface area contributed by atoms with E-state index in [4.69, 9.17) is 0 Å². The molecule has 0 radical (unpaired) electrons. The van der Waals surface area contributed by atoms with Crippen molar-refractivity contribution in [2.45, 2.75) is 18.9 Å². The topological polar surface area (TPSA) is 80.1 Å². The number of likely N-dealkylation sites (N-methyl/N-ethyl adjacent to an activating group) is 1. The van der Waals surface area contributed by atoms with Gasteiger partial charge in [0.05, 0.1) is 12.5 Å². The van der Waals surface area contributed by atoms with Gasteiger partial charge in [0.25, 0.3) is 0 Å². The van der Waals surface area contributed by atoms with Crippen LogP contribution in [0, 0.1) is 0 Å². The molecule has 1 N–H and O–H groups in total. The highest BCUT2D eigenvalue weighted by atomic mass is 16.2. The number of rotatable bonds is 4. The normalized spacial score (nSPS) is 20.4. The number of amides is 2. The van der Waals surface area contributed by atoms with Gasteiger partial charge in [-0.25, -0.2) is 0 Å². The Bertz CT molecular complexity index is 442. The molecule has 7 nitrogen and oxygen atoms in total. The number of imide groups is 1. The van der Waals surface area contributed by atoms with Crippen molar-refractivity contribution in [3.05, 3.63) is 12.2 Å². The number of nitrogens with zero attached hydrogens (tertiary/aromatic N) is 4. The van der Waals surface area contributed by atoms with Gasteiger partial charge >= 0.3 is 0 Å². The van der Waals surface area contributed by atoms with E-state index in [1.807, 2.05) is 11.6 Å². The van der Waals surface area contributed by atoms with Gasteiger partial charge in [-0.1, -0.05) is 0 Å². The second-order valence-electron chi connectivity index (χ2n) is 4.11. The number of nitrogens with one attached hydrogen (secondary N) is 1. The Morgan fingerprint density at radius 1 is 1.47 bits per heavy atom. The van der Waals surface area contributed by atoms with Gasteiger partial charge < -0.3 is 9.88 Å². The number of aromatic nitrogens is 3. The molecule has 17 heavy (non-hydrogen) atoms. The van der Waals surface area contributed by atoms with E-state index < -0.39 is 0 Å². The molecule has 0 spiro atoms. The van der Waals surface area contributed by atoms with Crippen LogP contribution >= 0.6 is 0 Å². The van der Waals surface area contributed by atoms with E-state index >= 15 is 0 Å². The first-order chi connectivity index (χ1) is 8.09. The summed E-state index contributed by atoms with van der Waals surface area (Å²) >= 11 is 0. The highest BCUT2D eigenvalue weighted by Crippen LogP contribution is 2.10. The summed E-state index contributed by atoms with van der Waals surface area (Å²) in [5.41, 5.74) is 0. The quantitative estimate of drug-likeness (QED) is 0.659. The standard InChI is InChI=1S/C10H15N5O2/c1-14-6-12-13-8(14)3-4-11-7-5-9(16)15(2)10(7)17/h6-7,11H,3-5H2,1-2H3. The Balaban J connectivity index is 1.82. The maximum atomic E-state index is 11.6. The minimum Gasteiger partial charge on any atom is -0.321 e. The van der Waals surface area contributed by atoms with Crippen molar-refractivity contribution in [2.75, 3.05) is 13.6 Å². The third-order valence-electron chi connectivity index (χ3n) is 2.93. The monoisotopic (exact) mass is 237 g/mol. The van der Waals surface area contributed by atoms with Gasteiger partial charge in [0, 0.05) is 27.1 Å². The second kappa shape index (κ2) is 4.62. The molecule has 1 unspecified atom stereocenters. The summed E-state index contributed by atoms with van der Waals surface area (Å²) in [5, 5.41) is 10.8. The molecule has 1 atom stereocenters. The third-order valence-corrected chi connectivity index (χ3v) is 2.93. The highest BCUT2D eigenvalue weighted by molar-refractivity contribution is 6.05. The maximum absolute atomic E-state index is 11.6. The first kappa shape index (κ1) is 11.7. The molecule has 1 fully saturated rings. The summed E-state index contributed by atoms with van der Waals surface area (Å²) in [6.45, 7) is 0.601. The predicted molar refractivity (Wildman–Crippen MR) is 58.9 cm³/mol. The van der Waals surface area contributed by atoms with Gasteiger partial charge in [-0.2, -0.15) is 0 Å². The van der Waals surface area contributed by atoms with Gasteiger partial charge in [0.15, 0.2) is 0 Å². The lowest BCUT2D eigenvalue weighted by molar-refractivity contribution is -0.137. The summed E-state index contributed by atoms with van der Waals surface area (Å²) < 4.78 is 1.83. The Morgan fingerprint density at radius 2 is 2.24 bits per heavy atom. The van der Waals surface area contributed by atoms with Crippen LogP contribution in [0.1, 0.15) is 12.2 Å². The summed E-state index contributed by atoms with van der Waals surface area (Å²) in [7, 11) is 3.38. The fourth-order valence-corrected chi connectivity index (χ4v) is 1.81. The molecule has 7 heteroatoms. The number of aryl methyl sites for hydroxylation is 1. The minimum absolute atomic E-state index is 0.133. The van der Waals surface area contributed by atoms with Crippen LogP contribution in [-0.2, 0) is 23.1 Å². The Hall–Kier alpha value is -1.76. The van der Waals surface area contributed by atoms with Crippen molar-refractivity contribution in [3.8, 4) is 0 Å². The first-order valence-electron chi connectivity index (χ1n) is 5.46. The van der Waals surface area contributed by atoms with Crippen LogP contribution in [0.2, 0.25) is 0 Å². The molecule has 0 bridgehead atoms. The van der Waals surface area contributed by atoms with Crippen LogP contribution in [0.4, 0.5) is 0 Å². The lowest BCUT2D eigenvalue weighted by atomic mass is 10.2. The lowest BCUT2D eigenvalue weighted by Gasteiger charge is -2.10. The second-order valence-corrected chi connectivity index (χ2v) is 4.11. The average molecular weight is 237 g/mol. The van der Waals surface area contributed by atoms with E-state index in [1.54, 1.807) is 6.33 Å². The van der Waals surface area contributed by atoms with E-state index in [1.165, 1.54) is 11.9 Å². The van der Waals surface area contributed by atoms with Crippen LogP contribution in [0.15, 0.2) is 6.33 Å². The number of likely N-dealkylation sites (tertiary alicyclic amines) is 1. The molecule has 2 rings (SSSR count). The fraction of sp³-hybridized carbons (Fsp3) is 0.600. The molecule has 1 aromatic rings. The largest absolute Gasteiger partial charge is 0.321 e. The Kier molecular flexibility index (Phi) is 3.19. The molecule has 2 amide bonds. The van der Waals surface area contributed by atoms with Crippen molar-refractivity contribution in [1.82, 2.24) is 25.0 Å². The predicted octanol–water partition coefficient (Wildman–Crippen LogP) is -1.30. The van der Waals surface area contributed by atoms with E-state index in [0.29, 0.717) is 13.0 Å². The van der Waals surface area contributed by atoms with Crippen molar-refractivity contribution in [3.63, 3.8) is 0 Å². The van der Waals surface area contributed by atoms with E-state index in [0.717, 1.165) is 5.82 Å². The maximum Gasteiger partial charge on any atom is 0.246 e. The van der Waals surface area contributed by atoms with Crippen LogP contribution in [0.3, 0.4) is 0 Å². The molecule has 1 saturated heterocycles. The van der Waals surface area contributed by atoms with Gasteiger partial charge in [0.1, 0.15) is 12.2 Å². The fourth-order valence-electron chi connectivity index (χ4n) is 1.81. The van der Waals surface area contributed by atoms with Gasteiger partial charge in [-0.15, -0.1) is 10.2 Å². The van der Waals surface area contributed by atoms with Crippen molar-refractivity contribution >= 4 is 11.8 Å². The smallest absolute Gasteiger partial charge is 0.246 e. The SMILES string of the molecule is CN1C(=O)CC(NCCc2nncn2C)C1=O.